The molecule has 1 unspecified atom stereocenters. The number of aryl methyl sites for hydroxylation is 1. The molecule has 5 heteroatoms. The van der Waals surface area contributed by atoms with E-state index in [1.807, 2.05) is 47.4 Å². The summed E-state index contributed by atoms with van der Waals surface area (Å²) in [7, 11) is 0. The number of aromatic nitrogens is 2. The van der Waals surface area contributed by atoms with Gasteiger partial charge < -0.3 is 5.32 Å². The van der Waals surface area contributed by atoms with Gasteiger partial charge >= 0.3 is 0 Å². The molecular formula is C17H15N3OS. The van der Waals surface area contributed by atoms with Gasteiger partial charge in [0.2, 0.25) is 5.91 Å². The first-order valence-electron chi connectivity index (χ1n) is 7.20. The highest BCUT2D eigenvalue weighted by molar-refractivity contribution is 7.08. The van der Waals surface area contributed by atoms with Gasteiger partial charge in [-0.05, 0) is 40.9 Å². The molecule has 22 heavy (non-hydrogen) atoms. The molecule has 0 spiro atoms. The molecule has 3 aromatic rings. The van der Waals surface area contributed by atoms with E-state index in [-0.39, 0.29) is 11.8 Å². The molecule has 1 aromatic carbocycles. The van der Waals surface area contributed by atoms with Crippen molar-refractivity contribution in [3.63, 3.8) is 0 Å². The number of anilines is 1. The molecule has 0 aliphatic carbocycles. The van der Waals surface area contributed by atoms with Gasteiger partial charge in [-0.15, -0.1) is 0 Å². The zero-order valence-electron chi connectivity index (χ0n) is 12.1. The highest BCUT2D eigenvalue weighted by atomic mass is 32.1. The average molecular weight is 309 g/mol. The highest BCUT2D eigenvalue weighted by Crippen LogP contribution is 2.38. The molecule has 0 radical (unpaired) electrons. The van der Waals surface area contributed by atoms with Crippen molar-refractivity contribution in [1.29, 1.82) is 0 Å². The van der Waals surface area contributed by atoms with E-state index in [0.717, 1.165) is 22.6 Å². The largest absolute Gasteiger partial charge is 0.310 e. The van der Waals surface area contributed by atoms with Crippen molar-refractivity contribution in [3.05, 3.63) is 64.0 Å². The number of para-hydroxylation sites is 1. The minimum absolute atomic E-state index is 0.0408. The zero-order valence-corrected chi connectivity index (χ0v) is 12.9. The van der Waals surface area contributed by atoms with Crippen molar-refractivity contribution < 1.29 is 4.79 Å². The molecule has 1 N–H and O–H groups in total. The number of rotatable bonds is 2. The number of hydrogen-bond donors (Lipinski definition) is 1. The van der Waals surface area contributed by atoms with Crippen molar-refractivity contribution in [1.82, 2.24) is 9.78 Å². The third-order valence-corrected chi connectivity index (χ3v) is 4.81. The average Bonchev–Trinajstić information content (AvgIpc) is 3.16. The Labute approximate surface area is 132 Å². The normalized spacial score (nSPS) is 17.1. The second-order valence-corrected chi connectivity index (χ2v) is 6.29. The van der Waals surface area contributed by atoms with E-state index >= 15 is 0 Å². The van der Waals surface area contributed by atoms with E-state index in [9.17, 15) is 4.79 Å². The molecule has 0 saturated carbocycles. The van der Waals surface area contributed by atoms with Crippen LogP contribution in [0.3, 0.4) is 0 Å². The van der Waals surface area contributed by atoms with Gasteiger partial charge in [0.15, 0.2) is 0 Å². The summed E-state index contributed by atoms with van der Waals surface area (Å²) in [6.45, 7) is 2.05. The summed E-state index contributed by atoms with van der Waals surface area (Å²) >= 11 is 1.66. The van der Waals surface area contributed by atoms with Gasteiger partial charge in [0.05, 0.1) is 11.9 Å². The van der Waals surface area contributed by atoms with Crippen LogP contribution >= 0.6 is 11.3 Å². The summed E-state index contributed by atoms with van der Waals surface area (Å²) < 4.78 is 1.83. The maximum Gasteiger partial charge on any atom is 0.226 e. The van der Waals surface area contributed by atoms with E-state index in [2.05, 4.69) is 21.9 Å². The van der Waals surface area contributed by atoms with Crippen molar-refractivity contribution in [2.75, 3.05) is 5.32 Å². The van der Waals surface area contributed by atoms with Gasteiger partial charge in [0.25, 0.3) is 0 Å². The summed E-state index contributed by atoms with van der Waals surface area (Å²) in [5, 5.41) is 11.7. The summed E-state index contributed by atoms with van der Waals surface area (Å²) in [5.74, 6) is 0.925. The fourth-order valence-electron chi connectivity index (χ4n) is 2.97. The summed E-state index contributed by atoms with van der Waals surface area (Å²) in [5.41, 5.74) is 4.39. The quantitative estimate of drug-likeness (QED) is 0.784. The van der Waals surface area contributed by atoms with Crippen LogP contribution in [0.25, 0.3) is 5.69 Å². The van der Waals surface area contributed by atoms with Crippen LogP contribution in [0.2, 0.25) is 0 Å². The molecule has 3 heterocycles. The molecule has 1 aliphatic rings. The van der Waals surface area contributed by atoms with E-state index in [1.54, 1.807) is 11.3 Å². The lowest BCUT2D eigenvalue weighted by molar-refractivity contribution is -0.116. The number of nitrogens with one attached hydrogen (secondary N) is 1. The van der Waals surface area contributed by atoms with Gasteiger partial charge in [-0.25, -0.2) is 4.68 Å². The highest BCUT2D eigenvalue weighted by Gasteiger charge is 2.30. The Bertz CT molecular complexity index is 835. The molecule has 0 fully saturated rings. The Morgan fingerprint density at radius 2 is 2.18 bits per heavy atom. The fraction of sp³-hybridized carbons (Fsp3) is 0.176. The molecular weight excluding hydrogens is 294 g/mol. The molecule has 0 saturated heterocycles. The Hall–Kier alpha value is -2.40. The van der Waals surface area contributed by atoms with Crippen LogP contribution in [0.4, 0.5) is 5.82 Å². The van der Waals surface area contributed by atoms with Crippen LogP contribution in [0.15, 0.2) is 47.3 Å². The molecule has 4 rings (SSSR count). The van der Waals surface area contributed by atoms with Crippen LogP contribution < -0.4 is 5.32 Å². The number of amides is 1. The van der Waals surface area contributed by atoms with Crippen LogP contribution in [0.5, 0.6) is 0 Å². The van der Waals surface area contributed by atoms with E-state index in [1.165, 1.54) is 5.56 Å². The number of thiophene rings is 1. The maximum atomic E-state index is 12.1. The van der Waals surface area contributed by atoms with Gasteiger partial charge in [-0.1, -0.05) is 18.2 Å². The summed E-state index contributed by atoms with van der Waals surface area (Å²) in [6, 6.07) is 10.1. The minimum atomic E-state index is 0.0408. The third kappa shape index (κ3) is 2.05. The second kappa shape index (κ2) is 5.10. The van der Waals surface area contributed by atoms with Crippen molar-refractivity contribution in [3.8, 4) is 5.69 Å². The van der Waals surface area contributed by atoms with Gasteiger partial charge in [0, 0.05) is 17.9 Å². The Kier molecular flexibility index (Phi) is 3.08. The molecule has 2 aromatic heterocycles. The number of fused-ring (bicyclic) bond motifs is 1. The first-order chi connectivity index (χ1) is 10.7. The first kappa shape index (κ1) is 13.3. The lowest BCUT2D eigenvalue weighted by atomic mass is 9.89. The lowest BCUT2D eigenvalue weighted by Crippen LogP contribution is -2.24. The smallest absolute Gasteiger partial charge is 0.226 e. The fourth-order valence-corrected chi connectivity index (χ4v) is 3.69. The molecule has 110 valence electrons. The van der Waals surface area contributed by atoms with Crippen molar-refractivity contribution >= 4 is 23.1 Å². The predicted molar refractivity (Wildman–Crippen MR) is 87.7 cm³/mol. The molecule has 1 atom stereocenters. The van der Waals surface area contributed by atoms with Crippen LogP contribution in [0, 0.1) is 6.92 Å². The number of carbonyl (C=O) groups is 1. The van der Waals surface area contributed by atoms with Crippen LogP contribution in [-0.2, 0) is 4.79 Å². The molecule has 4 nitrogen and oxygen atoms in total. The first-order valence-corrected chi connectivity index (χ1v) is 8.14. The predicted octanol–water partition coefficient (Wildman–Crippen LogP) is 3.72. The SMILES string of the molecule is Cc1ccccc1-n1ncc2c1NC(=O)CC2c1ccsc1. The third-order valence-electron chi connectivity index (χ3n) is 4.11. The lowest BCUT2D eigenvalue weighted by Gasteiger charge is -2.23. The topological polar surface area (TPSA) is 46.9 Å². The van der Waals surface area contributed by atoms with Crippen molar-refractivity contribution in [2.45, 2.75) is 19.3 Å². The van der Waals surface area contributed by atoms with E-state index < -0.39 is 0 Å². The zero-order chi connectivity index (χ0) is 15.1. The molecule has 1 amide bonds. The summed E-state index contributed by atoms with van der Waals surface area (Å²) in [4.78, 5) is 12.1. The van der Waals surface area contributed by atoms with Gasteiger partial charge in [0.1, 0.15) is 5.82 Å². The number of carbonyl (C=O) groups excluding carboxylic acids is 1. The van der Waals surface area contributed by atoms with E-state index in [4.69, 9.17) is 0 Å². The van der Waals surface area contributed by atoms with Gasteiger partial charge in [-0.2, -0.15) is 16.4 Å². The Morgan fingerprint density at radius 3 is 2.95 bits per heavy atom. The number of nitrogens with zero attached hydrogens (tertiary/aromatic N) is 2. The van der Waals surface area contributed by atoms with Crippen molar-refractivity contribution in [2.24, 2.45) is 0 Å². The monoisotopic (exact) mass is 309 g/mol. The molecule has 1 aliphatic heterocycles. The van der Waals surface area contributed by atoms with Crippen LogP contribution in [0.1, 0.15) is 29.0 Å². The number of hydrogen-bond acceptors (Lipinski definition) is 3. The van der Waals surface area contributed by atoms with Crippen LogP contribution in [-0.4, -0.2) is 15.7 Å². The second-order valence-electron chi connectivity index (χ2n) is 5.51. The number of benzene rings is 1. The Morgan fingerprint density at radius 1 is 1.32 bits per heavy atom. The molecule has 0 bridgehead atoms. The summed E-state index contributed by atoms with van der Waals surface area (Å²) in [6.07, 6.45) is 2.35. The Balaban J connectivity index is 1.86. The van der Waals surface area contributed by atoms with Gasteiger partial charge in [-0.3, -0.25) is 4.79 Å². The standard InChI is InChI=1S/C17H15N3OS/c1-11-4-2-3-5-15(11)20-17-14(9-18-20)13(8-16(21)19-17)12-6-7-22-10-12/h2-7,9-10,13H,8H2,1H3,(H,19,21). The minimum Gasteiger partial charge on any atom is -0.310 e. The van der Waals surface area contributed by atoms with E-state index in [0.29, 0.717) is 6.42 Å². The maximum absolute atomic E-state index is 12.1.